The van der Waals surface area contributed by atoms with E-state index in [4.69, 9.17) is 9.84 Å². The fraction of sp³-hybridized carbons (Fsp3) is 0.231. The Hall–Kier alpha value is -1.57. The van der Waals surface area contributed by atoms with Crippen molar-refractivity contribution in [1.29, 1.82) is 0 Å². The molecule has 0 amide bonds. The smallest absolute Gasteiger partial charge is 0.357 e. The van der Waals surface area contributed by atoms with Crippen LogP contribution in [0.5, 0.6) is 5.75 Å². The first kappa shape index (κ1) is 13.9. The third kappa shape index (κ3) is 2.73. The zero-order valence-corrected chi connectivity index (χ0v) is 12.7. The first-order chi connectivity index (χ1) is 9.04. The van der Waals surface area contributed by atoms with Gasteiger partial charge < -0.3 is 9.84 Å². The highest BCUT2D eigenvalue weighted by atomic mass is 127. The van der Waals surface area contributed by atoms with Crippen molar-refractivity contribution in [3.8, 4) is 11.4 Å². The molecule has 0 radical (unpaired) electrons. The summed E-state index contributed by atoms with van der Waals surface area (Å²) in [6.45, 7) is 4.38. The number of nitrogens with zero attached hydrogens (tertiary/aromatic N) is 2. The predicted octanol–water partition coefficient (Wildman–Crippen LogP) is 2.88. The first-order valence-electron chi connectivity index (χ1n) is 5.76. The Bertz CT molecular complexity index is 605. The van der Waals surface area contributed by atoms with Crippen LogP contribution in [0.2, 0.25) is 0 Å². The van der Waals surface area contributed by atoms with E-state index in [1.54, 1.807) is 4.68 Å². The number of aromatic carboxylic acids is 1. The van der Waals surface area contributed by atoms with Gasteiger partial charge in [-0.2, -0.15) is 5.10 Å². The van der Waals surface area contributed by atoms with Crippen LogP contribution in [0.3, 0.4) is 0 Å². The van der Waals surface area contributed by atoms with Crippen LogP contribution < -0.4 is 4.74 Å². The molecule has 0 saturated carbocycles. The van der Waals surface area contributed by atoms with Crippen molar-refractivity contribution < 1.29 is 14.6 Å². The van der Waals surface area contributed by atoms with Crippen molar-refractivity contribution in [2.24, 2.45) is 0 Å². The summed E-state index contributed by atoms with van der Waals surface area (Å²) in [6, 6.07) is 7.39. The van der Waals surface area contributed by atoms with E-state index in [1.807, 2.05) is 60.7 Å². The van der Waals surface area contributed by atoms with E-state index in [9.17, 15) is 4.79 Å². The van der Waals surface area contributed by atoms with E-state index < -0.39 is 5.97 Å². The molecule has 2 rings (SSSR count). The van der Waals surface area contributed by atoms with Crippen molar-refractivity contribution in [2.75, 3.05) is 6.61 Å². The molecule has 2 aromatic rings. The number of benzene rings is 1. The van der Waals surface area contributed by atoms with Crippen LogP contribution in [-0.4, -0.2) is 27.5 Å². The average molecular weight is 372 g/mol. The molecule has 6 heteroatoms. The maximum Gasteiger partial charge on any atom is 0.357 e. The molecular weight excluding hydrogens is 359 g/mol. The van der Waals surface area contributed by atoms with Crippen LogP contribution in [0, 0.1) is 10.5 Å². The van der Waals surface area contributed by atoms with Crippen LogP contribution in [0.1, 0.15) is 23.1 Å². The number of hydrogen-bond donors (Lipinski definition) is 1. The molecule has 0 unspecified atom stereocenters. The standard InChI is InChI=1S/C13H13IN2O3/c1-3-19-10-6-4-9(5-7-10)16-8(2)11(14)12(15-16)13(17)18/h4-7H,3H2,1-2H3,(H,17,18). The Balaban J connectivity index is 2.41. The van der Waals surface area contributed by atoms with Gasteiger partial charge in [-0.05, 0) is 60.7 Å². The van der Waals surface area contributed by atoms with Gasteiger partial charge >= 0.3 is 5.97 Å². The number of rotatable bonds is 4. The number of carbonyl (C=O) groups is 1. The van der Waals surface area contributed by atoms with Crippen molar-refractivity contribution in [3.05, 3.63) is 39.2 Å². The van der Waals surface area contributed by atoms with Gasteiger partial charge in [0.2, 0.25) is 0 Å². The lowest BCUT2D eigenvalue weighted by Crippen LogP contribution is -2.02. The Morgan fingerprint density at radius 1 is 1.42 bits per heavy atom. The quantitative estimate of drug-likeness (QED) is 0.839. The topological polar surface area (TPSA) is 64.4 Å². The maximum absolute atomic E-state index is 11.1. The fourth-order valence-corrected chi connectivity index (χ4v) is 2.29. The van der Waals surface area contributed by atoms with Crippen LogP contribution in [0.25, 0.3) is 5.69 Å². The van der Waals surface area contributed by atoms with Crippen LogP contribution in [0.15, 0.2) is 24.3 Å². The minimum Gasteiger partial charge on any atom is -0.494 e. The molecule has 5 nitrogen and oxygen atoms in total. The van der Waals surface area contributed by atoms with E-state index >= 15 is 0 Å². The summed E-state index contributed by atoms with van der Waals surface area (Å²) in [4.78, 5) is 11.1. The van der Waals surface area contributed by atoms with Gasteiger partial charge in [0.1, 0.15) is 5.75 Å². The predicted molar refractivity (Wildman–Crippen MR) is 79.1 cm³/mol. The van der Waals surface area contributed by atoms with Crippen molar-refractivity contribution in [3.63, 3.8) is 0 Å². The molecule has 0 fully saturated rings. The molecule has 0 aliphatic heterocycles. The van der Waals surface area contributed by atoms with Gasteiger partial charge in [-0.1, -0.05) is 0 Å². The molecule has 0 saturated heterocycles. The van der Waals surface area contributed by atoms with Gasteiger partial charge in [0, 0.05) is 0 Å². The summed E-state index contributed by atoms with van der Waals surface area (Å²) in [5, 5.41) is 13.2. The SMILES string of the molecule is CCOc1ccc(-n2nc(C(=O)O)c(I)c2C)cc1. The first-order valence-corrected chi connectivity index (χ1v) is 6.84. The Labute approximate surface area is 124 Å². The van der Waals surface area contributed by atoms with Crippen molar-refractivity contribution >= 4 is 28.6 Å². The summed E-state index contributed by atoms with van der Waals surface area (Å²) >= 11 is 2.00. The number of aromatic nitrogens is 2. The summed E-state index contributed by atoms with van der Waals surface area (Å²) in [7, 11) is 0. The van der Waals surface area contributed by atoms with E-state index in [2.05, 4.69) is 5.10 Å². The van der Waals surface area contributed by atoms with E-state index in [0.717, 1.165) is 17.1 Å². The van der Waals surface area contributed by atoms with Gasteiger partial charge in [0.05, 0.1) is 21.6 Å². The third-order valence-corrected chi connectivity index (χ3v) is 3.93. The lowest BCUT2D eigenvalue weighted by atomic mass is 10.3. The van der Waals surface area contributed by atoms with Gasteiger partial charge in [-0.15, -0.1) is 0 Å². The van der Waals surface area contributed by atoms with Gasteiger partial charge in [0.15, 0.2) is 5.69 Å². The number of halogens is 1. The Morgan fingerprint density at radius 2 is 2.05 bits per heavy atom. The second-order valence-electron chi connectivity index (χ2n) is 3.89. The Morgan fingerprint density at radius 3 is 2.53 bits per heavy atom. The zero-order valence-electron chi connectivity index (χ0n) is 10.6. The van der Waals surface area contributed by atoms with E-state index in [0.29, 0.717) is 10.2 Å². The highest BCUT2D eigenvalue weighted by molar-refractivity contribution is 14.1. The normalized spacial score (nSPS) is 10.5. The molecule has 0 aliphatic carbocycles. The van der Waals surface area contributed by atoms with Crippen LogP contribution in [0.4, 0.5) is 0 Å². The average Bonchev–Trinajstić information content (AvgIpc) is 2.68. The lowest BCUT2D eigenvalue weighted by Gasteiger charge is -2.06. The minimum atomic E-state index is -1.02. The van der Waals surface area contributed by atoms with Gasteiger partial charge in [-0.3, -0.25) is 0 Å². The highest BCUT2D eigenvalue weighted by Gasteiger charge is 2.18. The van der Waals surface area contributed by atoms with Crippen molar-refractivity contribution in [2.45, 2.75) is 13.8 Å². The third-order valence-electron chi connectivity index (χ3n) is 2.64. The molecule has 1 aromatic carbocycles. The van der Waals surface area contributed by atoms with Crippen LogP contribution >= 0.6 is 22.6 Å². The second kappa shape index (κ2) is 5.60. The fourth-order valence-electron chi connectivity index (χ4n) is 1.72. The number of carboxylic acid groups (broad SMARTS) is 1. The lowest BCUT2D eigenvalue weighted by molar-refractivity contribution is 0.0689. The van der Waals surface area contributed by atoms with Gasteiger partial charge in [0.25, 0.3) is 0 Å². The zero-order chi connectivity index (χ0) is 14.0. The Kier molecular flexibility index (Phi) is 4.08. The highest BCUT2D eigenvalue weighted by Crippen LogP contribution is 2.21. The molecular formula is C13H13IN2O3. The number of carboxylic acids is 1. The molecule has 0 atom stereocenters. The summed E-state index contributed by atoms with van der Waals surface area (Å²) in [6.07, 6.45) is 0. The molecule has 1 aromatic heterocycles. The summed E-state index contributed by atoms with van der Waals surface area (Å²) in [5.41, 5.74) is 1.69. The molecule has 100 valence electrons. The maximum atomic E-state index is 11.1. The molecule has 19 heavy (non-hydrogen) atoms. The largest absolute Gasteiger partial charge is 0.494 e. The molecule has 1 heterocycles. The van der Waals surface area contributed by atoms with E-state index in [1.165, 1.54) is 0 Å². The van der Waals surface area contributed by atoms with Crippen molar-refractivity contribution in [1.82, 2.24) is 9.78 Å². The molecule has 0 bridgehead atoms. The molecule has 0 spiro atoms. The second-order valence-corrected chi connectivity index (χ2v) is 4.97. The van der Waals surface area contributed by atoms with Crippen LogP contribution in [-0.2, 0) is 0 Å². The summed E-state index contributed by atoms with van der Waals surface area (Å²) in [5.74, 6) is -0.235. The summed E-state index contributed by atoms with van der Waals surface area (Å²) < 4.78 is 7.65. The molecule has 0 aliphatic rings. The minimum absolute atomic E-state index is 0.0759. The monoisotopic (exact) mass is 372 g/mol. The number of hydrogen-bond acceptors (Lipinski definition) is 3. The van der Waals surface area contributed by atoms with Gasteiger partial charge in [-0.25, -0.2) is 9.48 Å². The number of ether oxygens (including phenoxy) is 1. The van der Waals surface area contributed by atoms with E-state index in [-0.39, 0.29) is 5.69 Å². The molecule has 1 N–H and O–H groups in total.